The minimum atomic E-state index is -0.511. The minimum Gasteiger partial charge on any atom is -0.293 e. The van der Waals surface area contributed by atoms with Crippen LogP contribution in [0.2, 0.25) is 0 Å². The fourth-order valence-electron chi connectivity index (χ4n) is 1.67. The molecule has 7 heteroatoms. The molecule has 0 radical (unpaired) electrons. The Morgan fingerprint density at radius 1 is 1.30 bits per heavy atom. The Morgan fingerprint density at radius 3 is 2.95 bits per heavy atom. The van der Waals surface area contributed by atoms with Gasteiger partial charge in [0.2, 0.25) is 5.16 Å². The van der Waals surface area contributed by atoms with Crippen molar-refractivity contribution in [2.24, 2.45) is 0 Å². The molecule has 0 bridgehead atoms. The molecule has 0 aliphatic heterocycles. The van der Waals surface area contributed by atoms with E-state index in [1.165, 1.54) is 16.6 Å². The molecule has 0 spiro atoms. The number of carbonyl (C=O) groups is 1. The monoisotopic (exact) mass is 288 g/mol. The van der Waals surface area contributed by atoms with Crippen molar-refractivity contribution in [3.63, 3.8) is 0 Å². The first-order chi connectivity index (χ1) is 9.74. The first-order valence-electron chi connectivity index (χ1n) is 5.82. The molecular weight excluding hydrogens is 279 g/mol. The number of ketones is 1. The Kier molecular flexibility index (Phi) is 3.42. The lowest BCUT2D eigenvalue weighted by Crippen LogP contribution is -2.05. The Balaban J connectivity index is 1.73. The van der Waals surface area contributed by atoms with Crippen LogP contribution < -0.4 is 0 Å². The van der Waals surface area contributed by atoms with Crippen LogP contribution >= 0.6 is 11.8 Å². The molecule has 0 amide bonds. The molecule has 0 aliphatic rings. The number of carbonyl (C=O) groups excluding carboxylic acids is 1. The molecule has 20 heavy (non-hydrogen) atoms. The molecule has 100 valence electrons. The molecule has 0 fully saturated rings. The first kappa shape index (κ1) is 12.7. The maximum absolute atomic E-state index is 13.5. The van der Waals surface area contributed by atoms with E-state index in [1.807, 2.05) is 0 Å². The quantitative estimate of drug-likeness (QED) is 0.544. The molecule has 3 rings (SSSR count). The molecule has 5 nitrogen and oxygen atoms in total. The summed E-state index contributed by atoms with van der Waals surface area (Å²) in [4.78, 5) is 20.1. The summed E-state index contributed by atoms with van der Waals surface area (Å²) in [7, 11) is 0. The van der Waals surface area contributed by atoms with Gasteiger partial charge in [0.15, 0.2) is 5.78 Å². The van der Waals surface area contributed by atoms with Gasteiger partial charge in [-0.3, -0.25) is 4.79 Å². The van der Waals surface area contributed by atoms with Gasteiger partial charge in [0, 0.05) is 12.4 Å². The predicted molar refractivity (Wildman–Crippen MR) is 72.2 cm³/mol. The van der Waals surface area contributed by atoms with Crippen LogP contribution in [0.4, 0.5) is 4.39 Å². The van der Waals surface area contributed by atoms with Crippen LogP contribution in [-0.4, -0.2) is 31.1 Å². The minimum absolute atomic E-state index is 0.0812. The Labute approximate surface area is 117 Å². The Hall–Kier alpha value is -2.28. The molecule has 0 saturated heterocycles. The van der Waals surface area contributed by atoms with Crippen LogP contribution in [0.3, 0.4) is 0 Å². The highest BCUT2D eigenvalue weighted by atomic mass is 32.2. The Bertz CT molecular complexity index is 741. The second-order valence-electron chi connectivity index (χ2n) is 3.95. The summed E-state index contributed by atoms with van der Waals surface area (Å²) in [6.07, 6.45) is 3.33. The second-order valence-corrected chi connectivity index (χ2v) is 4.89. The summed E-state index contributed by atoms with van der Waals surface area (Å²) in [6.45, 7) is 0. The molecule has 0 N–H and O–H groups in total. The highest BCUT2D eigenvalue weighted by molar-refractivity contribution is 7.99. The third-order valence-electron chi connectivity index (χ3n) is 2.60. The van der Waals surface area contributed by atoms with Crippen LogP contribution in [0, 0.1) is 5.82 Å². The number of fused-ring (bicyclic) bond motifs is 1. The largest absolute Gasteiger partial charge is 0.293 e. The van der Waals surface area contributed by atoms with Crippen LogP contribution in [-0.2, 0) is 0 Å². The average molecular weight is 288 g/mol. The highest BCUT2D eigenvalue weighted by Crippen LogP contribution is 2.17. The van der Waals surface area contributed by atoms with Crippen molar-refractivity contribution >= 4 is 23.3 Å². The van der Waals surface area contributed by atoms with Crippen LogP contribution in [0.25, 0.3) is 5.78 Å². The van der Waals surface area contributed by atoms with Crippen molar-refractivity contribution in [2.75, 3.05) is 5.75 Å². The summed E-state index contributed by atoms with van der Waals surface area (Å²) < 4.78 is 15.0. The zero-order chi connectivity index (χ0) is 13.9. The van der Waals surface area contributed by atoms with Crippen molar-refractivity contribution in [1.29, 1.82) is 0 Å². The zero-order valence-corrected chi connectivity index (χ0v) is 11.0. The van der Waals surface area contributed by atoms with E-state index in [4.69, 9.17) is 0 Å². The summed E-state index contributed by atoms with van der Waals surface area (Å²) in [5.41, 5.74) is 0.0851. The molecule has 1 aromatic carbocycles. The lowest BCUT2D eigenvalue weighted by Gasteiger charge is -2.00. The van der Waals surface area contributed by atoms with Gasteiger partial charge in [-0.15, -0.1) is 5.10 Å². The lowest BCUT2D eigenvalue weighted by molar-refractivity contribution is 0.101. The number of nitrogens with zero attached hydrogens (tertiary/aromatic N) is 4. The van der Waals surface area contributed by atoms with E-state index in [0.29, 0.717) is 10.9 Å². The molecular formula is C13H9FN4OS. The number of thioether (sulfide) groups is 1. The topological polar surface area (TPSA) is 60.2 Å². The molecule has 0 aliphatic carbocycles. The van der Waals surface area contributed by atoms with Crippen LogP contribution in [0.1, 0.15) is 10.4 Å². The summed E-state index contributed by atoms with van der Waals surface area (Å²) in [6, 6.07) is 7.66. The Morgan fingerprint density at radius 2 is 2.15 bits per heavy atom. The second kappa shape index (κ2) is 5.38. The lowest BCUT2D eigenvalue weighted by atomic mass is 10.1. The molecule has 0 unspecified atom stereocenters. The van der Waals surface area contributed by atoms with Crippen molar-refractivity contribution in [3.05, 3.63) is 54.1 Å². The van der Waals surface area contributed by atoms with Gasteiger partial charge in [-0.25, -0.2) is 13.9 Å². The van der Waals surface area contributed by atoms with E-state index in [-0.39, 0.29) is 17.1 Å². The van der Waals surface area contributed by atoms with Crippen molar-refractivity contribution < 1.29 is 9.18 Å². The van der Waals surface area contributed by atoms with E-state index in [0.717, 1.165) is 11.8 Å². The van der Waals surface area contributed by atoms with Crippen LogP contribution in [0.15, 0.2) is 47.9 Å². The molecule has 0 saturated carbocycles. The predicted octanol–water partition coefficient (Wildman–Crippen LogP) is 2.24. The molecule has 2 aromatic heterocycles. The number of rotatable bonds is 4. The van der Waals surface area contributed by atoms with Gasteiger partial charge in [-0.2, -0.15) is 4.98 Å². The number of hydrogen-bond donors (Lipinski definition) is 0. The van der Waals surface area contributed by atoms with Gasteiger partial charge in [0.05, 0.1) is 11.3 Å². The average Bonchev–Trinajstić information content (AvgIpc) is 2.88. The molecule has 2 heterocycles. The number of hydrogen-bond acceptors (Lipinski definition) is 5. The van der Waals surface area contributed by atoms with Gasteiger partial charge in [0.25, 0.3) is 5.78 Å². The maximum atomic E-state index is 13.5. The van der Waals surface area contributed by atoms with E-state index in [9.17, 15) is 9.18 Å². The number of Topliss-reactive ketones (excluding diaryl/α,β-unsaturated/α-hetero) is 1. The highest BCUT2D eigenvalue weighted by Gasteiger charge is 2.13. The fourth-order valence-corrected chi connectivity index (χ4v) is 2.38. The first-order valence-corrected chi connectivity index (χ1v) is 6.80. The van der Waals surface area contributed by atoms with Crippen molar-refractivity contribution in [1.82, 2.24) is 19.6 Å². The summed E-state index contributed by atoms with van der Waals surface area (Å²) in [5.74, 6) is -0.256. The van der Waals surface area contributed by atoms with Crippen molar-refractivity contribution in [2.45, 2.75) is 5.16 Å². The SMILES string of the molecule is O=C(CSc1nc2ncccn2n1)c1ccccc1F. The van der Waals surface area contributed by atoms with Gasteiger partial charge < -0.3 is 0 Å². The van der Waals surface area contributed by atoms with Gasteiger partial charge in [-0.1, -0.05) is 23.9 Å². The maximum Gasteiger partial charge on any atom is 0.253 e. The standard InChI is InChI=1S/C13H9FN4OS/c14-10-5-2-1-4-9(10)11(19)8-20-13-16-12-15-6-3-7-18(12)17-13/h1-7H,8H2. The fraction of sp³-hybridized carbons (Fsp3) is 0.0769. The summed E-state index contributed by atoms with van der Waals surface area (Å²) >= 11 is 1.16. The summed E-state index contributed by atoms with van der Waals surface area (Å²) in [5, 5.41) is 4.60. The smallest absolute Gasteiger partial charge is 0.253 e. The van der Waals surface area contributed by atoms with Gasteiger partial charge >= 0.3 is 0 Å². The third-order valence-corrected chi connectivity index (χ3v) is 3.44. The van der Waals surface area contributed by atoms with Gasteiger partial charge in [-0.05, 0) is 18.2 Å². The molecule has 3 aromatic rings. The number of halogens is 1. The number of benzene rings is 1. The van der Waals surface area contributed by atoms with Crippen molar-refractivity contribution in [3.8, 4) is 0 Å². The zero-order valence-electron chi connectivity index (χ0n) is 10.2. The normalized spacial score (nSPS) is 10.8. The van der Waals surface area contributed by atoms with E-state index >= 15 is 0 Å². The molecule has 0 atom stereocenters. The van der Waals surface area contributed by atoms with Crippen LogP contribution in [0.5, 0.6) is 0 Å². The van der Waals surface area contributed by atoms with E-state index in [1.54, 1.807) is 30.6 Å². The van der Waals surface area contributed by atoms with E-state index < -0.39 is 5.82 Å². The van der Waals surface area contributed by atoms with E-state index in [2.05, 4.69) is 15.1 Å². The van der Waals surface area contributed by atoms with Gasteiger partial charge in [0.1, 0.15) is 5.82 Å². The third kappa shape index (κ3) is 2.53. The number of aromatic nitrogens is 4.